The number of benzene rings is 1. The smallest absolute Gasteiger partial charge is 0.198 e. The largest absolute Gasteiger partial charge is 0.439 e. The summed E-state index contributed by atoms with van der Waals surface area (Å²) in [6.07, 6.45) is 2.76. The Bertz CT molecular complexity index is 638. The predicted octanol–water partition coefficient (Wildman–Crippen LogP) is 3.61. The van der Waals surface area contributed by atoms with Crippen molar-refractivity contribution in [2.75, 3.05) is 0 Å². The summed E-state index contributed by atoms with van der Waals surface area (Å²) in [5.41, 5.74) is 2.52. The number of halogens is 1. The van der Waals surface area contributed by atoms with Crippen molar-refractivity contribution in [3.63, 3.8) is 0 Å². The van der Waals surface area contributed by atoms with Crippen molar-refractivity contribution in [2.45, 2.75) is 57.7 Å². The Balaban J connectivity index is 1.79. The molecule has 1 heterocycles. The first-order valence-electron chi connectivity index (χ1n) is 7.55. The van der Waals surface area contributed by atoms with Crippen molar-refractivity contribution < 1.29 is 9.52 Å². The van der Waals surface area contributed by atoms with Crippen molar-refractivity contribution in [1.29, 1.82) is 0 Å². The molecule has 5 heteroatoms. The summed E-state index contributed by atoms with van der Waals surface area (Å²) < 4.78 is 5.71. The molecule has 0 radical (unpaired) electrons. The number of aromatic nitrogens is 1. The highest BCUT2D eigenvalue weighted by molar-refractivity contribution is 6.34. The van der Waals surface area contributed by atoms with E-state index in [-0.39, 0.29) is 18.1 Å². The third-order valence-electron chi connectivity index (χ3n) is 4.06. The third-order valence-corrected chi connectivity index (χ3v) is 4.34. The van der Waals surface area contributed by atoms with Crippen LogP contribution in [0.2, 0.25) is 5.02 Å². The molecule has 2 aromatic rings. The SMILES string of the molecule is CC(C)c1nc2cc(CN[C@@H]3CCC[C@H]3O)cc(Cl)c2o1. The lowest BCUT2D eigenvalue weighted by atomic mass is 10.1. The van der Waals surface area contributed by atoms with Gasteiger partial charge in [0.05, 0.1) is 11.1 Å². The second-order valence-corrected chi connectivity index (χ2v) is 6.53. The minimum atomic E-state index is -0.233. The van der Waals surface area contributed by atoms with Gasteiger partial charge in [0, 0.05) is 18.5 Å². The van der Waals surface area contributed by atoms with Gasteiger partial charge in [-0.3, -0.25) is 0 Å². The molecule has 0 aliphatic heterocycles. The molecular formula is C16H21ClN2O2. The maximum Gasteiger partial charge on any atom is 0.198 e. The van der Waals surface area contributed by atoms with Crippen LogP contribution in [0.4, 0.5) is 0 Å². The van der Waals surface area contributed by atoms with Gasteiger partial charge in [0.15, 0.2) is 11.5 Å². The van der Waals surface area contributed by atoms with Crippen LogP contribution < -0.4 is 5.32 Å². The lowest BCUT2D eigenvalue weighted by Crippen LogP contribution is -2.35. The van der Waals surface area contributed by atoms with Crippen LogP contribution in [0.25, 0.3) is 11.1 Å². The molecule has 1 aliphatic carbocycles. The molecule has 1 aliphatic rings. The summed E-state index contributed by atoms with van der Waals surface area (Å²) in [4.78, 5) is 4.50. The zero-order valence-corrected chi connectivity index (χ0v) is 13.2. The van der Waals surface area contributed by atoms with Crippen molar-refractivity contribution in [1.82, 2.24) is 10.3 Å². The highest BCUT2D eigenvalue weighted by atomic mass is 35.5. The molecule has 0 spiro atoms. The van der Waals surface area contributed by atoms with Gasteiger partial charge in [-0.25, -0.2) is 4.98 Å². The van der Waals surface area contributed by atoms with Gasteiger partial charge >= 0.3 is 0 Å². The molecule has 0 bridgehead atoms. The zero-order valence-electron chi connectivity index (χ0n) is 12.4. The highest BCUT2D eigenvalue weighted by Crippen LogP contribution is 2.29. The molecule has 1 fully saturated rings. The zero-order chi connectivity index (χ0) is 15.0. The Morgan fingerprint density at radius 2 is 2.24 bits per heavy atom. The van der Waals surface area contributed by atoms with E-state index in [1.807, 2.05) is 26.0 Å². The fraction of sp³-hybridized carbons (Fsp3) is 0.562. The summed E-state index contributed by atoms with van der Waals surface area (Å²) in [6, 6.07) is 4.10. The van der Waals surface area contributed by atoms with E-state index < -0.39 is 0 Å². The summed E-state index contributed by atoms with van der Waals surface area (Å²) in [5, 5.41) is 13.8. The van der Waals surface area contributed by atoms with Gasteiger partial charge in [0.2, 0.25) is 0 Å². The molecule has 3 rings (SSSR count). The number of oxazole rings is 1. The van der Waals surface area contributed by atoms with Gasteiger partial charge in [-0.05, 0) is 37.0 Å². The Morgan fingerprint density at radius 3 is 2.90 bits per heavy atom. The summed E-state index contributed by atoms with van der Waals surface area (Å²) >= 11 is 6.29. The Kier molecular flexibility index (Phi) is 4.20. The fourth-order valence-corrected chi connectivity index (χ4v) is 3.12. The molecule has 1 aromatic heterocycles. The lowest BCUT2D eigenvalue weighted by molar-refractivity contribution is 0.148. The van der Waals surface area contributed by atoms with E-state index in [2.05, 4.69) is 10.3 Å². The van der Waals surface area contributed by atoms with Crippen molar-refractivity contribution in [3.8, 4) is 0 Å². The van der Waals surface area contributed by atoms with Gasteiger partial charge in [0.1, 0.15) is 5.52 Å². The normalized spacial score (nSPS) is 22.5. The van der Waals surface area contributed by atoms with Crippen LogP contribution in [-0.4, -0.2) is 22.2 Å². The lowest BCUT2D eigenvalue weighted by Gasteiger charge is -2.16. The van der Waals surface area contributed by atoms with Crippen LogP contribution in [0.5, 0.6) is 0 Å². The van der Waals surface area contributed by atoms with Gasteiger partial charge in [0.25, 0.3) is 0 Å². The maximum atomic E-state index is 9.84. The maximum absolute atomic E-state index is 9.84. The second kappa shape index (κ2) is 5.95. The topological polar surface area (TPSA) is 58.3 Å². The molecule has 1 aromatic carbocycles. The minimum absolute atomic E-state index is 0.183. The molecule has 4 nitrogen and oxygen atoms in total. The number of hydrogen-bond donors (Lipinski definition) is 2. The molecule has 1 saturated carbocycles. The van der Waals surface area contributed by atoms with Gasteiger partial charge < -0.3 is 14.8 Å². The minimum Gasteiger partial charge on any atom is -0.439 e. The standard InChI is InChI=1S/C16H21ClN2O2/c1-9(2)16-19-13-7-10(6-11(17)15(13)21-16)8-18-12-4-3-5-14(12)20/h6-7,9,12,14,18,20H,3-5,8H2,1-2H3/t12-,14-/m1/s1. The van der Waals surface area contributed by atoms with Crippen LogP contribution in [0, 0.1) is 0 Å². The van der Waals surface area contributed by atoms with Gasteiger partial charge in [-0.15, -0.1) is 0 Å². The predicted molar refractivity (Wildman–Crippen MR) is 83.6 cm³/mol. The first-order chi connectivity index (χ1) is 10.0. The number of nitrogens with one attached hydrogen (secondary N) is 1. The summed E-state index contributed by atoms with van der Waals surface area (Å²) in [7, 11) is 0. The average molecular weight is 309 g/mol. The average Bonchev–Trinajstić information content (AvgIpc) is 3.03. The molecule has 0 saturated heterocycles. The highest BCUT2D eigenvalue weighted by Gasteiger charge is 2.24. The molecule has 114 valence electrons. The van der Waals surface area contributed by atoms with E-state index in [9.17, 15) is 5.11 Å². The monoisotopic (exact) mass is 308 g/mol. The molecule has 0 unspecified atom stereocenters. The van der Waals surface area contributed by atoms with E-state index in [1.165, 1.54) is 0 Å². The third kappa shape index (κ3) is 3.07. The van der Waals surface area contributed by atoms with E-state index in [4.69, 9.17) is 16.0 Å². The van der Waals surface area contributed by atoms with Crippen molar-refractivity contribution in [3.05, 3.63) is 28.6 Å². The Morgan fingerprint density at radius 1 is 1.43 bits per heavy atom. The van der Waals surface area contributed by atoms with Crippen molar-refractivity contribution >= 4 is 22.7 Å². The number of nitrogens with zero attached hydrogens (tertiary/aromatic N) is 1. The summed E-state index contributed by atoms with van der Waals surface area (Å²) in [6.45, 7) is 4.77. The van der Waals surface area contributed by atoms with Crippen LogP contribution in [-0.2, 0) is 6.54 Å². The molecule has 0 amide bonds. The summed E-state index contributed by atoms with van der Waals surface area (Å²) in [5.74, 6) is 0.951. The van der Waals surface area contributed by atoms with E-state index in [0.717, 1.165) is 30.3 Å². The van der Waals surface area contributed by atoms with Crippen LogP contribution >= 0.6 is 11.6 Å². The first kappa shape index (κ1) is 14.8. The molecule has 2 N–H and O–H groups in total. The molecular weight excluding hydrogens is 288 g/mol. The van der Waals surface area contributed by atoms with Crippen LogP contribution in [0.15, 0.2) is 16.5 Å². The first-order valence-corrected chi connectivity index (χ1v) is 7.92. The number of aliphatic hydroxyl groups excluding tert-OH is 1. The Hall–Kier alpha value is -1.10. The molecule has 21 heavy (non-hydrogen) atoms. The van der Waals surface area contributed by atoms with E-state index in [1.54, 1.807) is 0 Å². The number of aliphatic hydroxyl groups is 1. The van der Waals surface area contributed by atoms with Gasteiger partial charge in [-0.2, -0.15) is 0 Å². The van der Waals surface area contributed by atoms with Crippen LogP contribution in [0.3, 0.4) is 0 Å². The van der Waals surface area contributed by atoms with Crippen LogP contribution in [0.1, 0.15) is 50.5 Å². The second-order valence-electron chi connectivity index (χ2n) is 6.12. The number of hydrogen-bond acceptors (Lipinski definition) is 4. The quantitative estimate of drug-likeness (QED) is 0.906. The van der Waals surface area contributed by atoms with Crippen molar-refractivity contribution in [2.24, 2.45) is 0 Å². The van der Waals surface area contributed by atoms with E-state index >= 15 is 0 Å². The number of fused-ring (bicyclic) bond motifs is 1. The van der Waals surface area contributed by atoms with Gasteiger partial charge in [-0.1, -0.05) is 25.4 Å². The van der Waals surface area contributed by atoms with E-state index in [0.29, 0.717) is 23.0 Å². The Labute approximate surface area is 129 Å². The number of rotatable bonds is 4. The molecule has 2 atom stereocenters. The fourth-order valence-electron chi connectivity index (χ4n) is 2.84.